The number of carbonyl (C=O) groups excluding carboxylic acids is 2. The van der Waals surface area contributed by atoms with Gasteiger partial charge >= 0.3 is 12.3 Å². The van der Waals surface area contributed by atoms with Crippen molar-refractivity contribution in [2.75, 3.05) is 19.7 Å². The number of alkyl halides is 3. The summed E-state index contributed by atoms with van der Waals surface area (Å²) in [6, 6.07) is 3.52. The number of nitrogens with zero attached hydrogens (tertiary/aromatic N) is 1. The summed E-state index contributed by atoms with van der Waals surface area (Å²) in [6.45, 7) is 1.32. The summed E-state index contributed by atoms with van der Waals surface area (Å²) in [7, 11) is 0. The molecular weight excluding hydrogens is 401 g/mol. The Balaban J connectivity index is 1.21. The average Bonchev–Trinajstić information content (AvgIpc) is 2.93. The van der Waals surface area contributed by atoms with E-state index in [1.165, 1.54) is 12.1 Å². The van der Waals surface area contributed by atoms with Gasteiger partial charge in [0.1, 0.15) is 6.61 Å². The van der Waals surface area contributed by atoms with Crippen molar-refractivity contribution in [2.24, 2.45) is 5.92 Å². The van der Waals surface area contributed by atoms with Gasteiger partial charge in [0, 0.05) is 19.0 Å². The minimum absolute atomic E-state index is 0.0317. The SMILES string of the molecule is O=C1NC2(CO1)CC(C(=O)N1CC(OCc3ccc(C(F)(F)F)c(Cl)c3)C1)C2. The van der Waals surface area contributed by atoms with Gasteiger partial charge in [0.15, 0.2) is 0 Å². The predicted octanol–water partition coefficient (Wildman–Crippen LogP) is 2.97. The van der Waals surface area contributed by atoms with E-state index in [-0.39, 0.29) is 35.1 Å². The first-order chi connectivity index (χ1) is 13.2. The maximum absolute atomic E-state index is 12.7. The van der Waals surface area contributed by atoms with Gasteiger partial charge in [-0.15, -0.1) is 0 Å². The van der Waals surface area contributed by atoms with Gasteiger partial charge in [0.25, 0.3) is 0 Å². The Kier molecular flexibility index (Phi) is 4.70. The van der Waals surface area contributed by atoms with Crippen molar-refractivity contribution in [3.8, 4) is 0 Å². The number of rotatable bonds is 4. The number of benzene rings is 1. The van der Waals surface area contributed by atoms with Gasteiger partial charge in [-0.3, -0.25) is 4.79 Å². The molecule has 152 valence electrons. The number of ether oxygens (including phenoxy) is 2. The van der Waals surface area contributed by atoms with Crippen LogP contribution in [0, 0.1) is 5.92 Å². The number of hydrogen-bond donors (Lipinski definition) is 1. The molecule has 2 heterocycles. The van der Waals surface area contributed by atoms with Gasteiger partial charge < -0.3 is 19.7 Å². The zero-order valence-corrected chi connectivity index (χ0v) is 15.5. The highest BCUT2D eigenvalue weighted by Gasteiger charge is 2.54. The summed E-state index contributed by atoms with van der Waals surface area (Å²) in [5.74, 6) is -0.0964. The molecule has 3 fully saturated rings. The van der Waals surface area contributed by atoms with Crippen molar-refractivity contribution in [1.29, 1.82) is 0 Å². The molecule has 1 aromatic carbocycles. The molecule has 0 bridgehead atoms. The fourth-order valence-electron chi connectivity index (χ4n) is 3.84. The minimum Gasteiger partial charge on any atom is -0.447 e. The van der Waals surface area contributed by atoms with E-state index in [9.17, 15) is 22.8 Å². The molecule has 0 radical (unpaired) electrons. The molecule has 4 rings (SSSR count). The summed E-state index contributed by atoms with van der Waals surface area (Å²) in [5, 5.41) is 2.39. The molecule has 3 aliphatic rings. The number of likely N-dealkylation sites (tertiary alicyclic amines) is 1. The predicted molar refractivity (Wildman–Crippen MR) is 91.5 cm³/mol. The van der Waals surface area contributed by atoms with Crippen LogP contribution < -0.4 is 5.32 Å². The molecule has 0 unspecified atom stereocenters. The molecule has 2 aliphatic heterocycles. The quantitative estimate of drug-likeness (QED) is 0.816. The molecule has 1 aromatic rings. The zero-order chi connectivity index (χ0) is 20.1. The van der Waals surface area contributed by atoms with Crippen LogP contribution in [0.5, 0.6) is 0 Å². The second kappa shape index (κ2) is 6.81. The largest absolute Gasteiger partial charge is 0.447 e. The number of hydrogen-bond acceptors (Lipinski definition) is 4. The lowest BCUT2D eigenvalue weighted by Gasteiger charge is -2.47. The second-order valence-corrected chi connectivity index (χ2v) is 7.98. The fourth-order valence-corrected chi connectivity index (χ4v) is 4.15. The molecule has 10 heteroatoms. The van der Waals surface area contributed by atoms with Crippen molar-refractivity contribution in [3.05, 3.63) is 34.3 Å². The average molecular weight is 419 g/mol. The number of nitrogens with one attached hydrogen (secondary N) is 1. The lowest BCUT2D eigenvalue weighted by Crippen LogP contribution is -2.62. The van der Waals surface area contributed by atoms with Gasteiger partial charge in [-0.1, -0.05) is 17.7 Å². The number of cyclic esters (lactones) is 1. The van der Waals surface area contributed by atoms with Crippen LogP contribution in [0.15, 0.2) is 18.2 Å². The summed E-state index contributed by atoms with van der Waals surface area (Å²) in [6.07, 6.45) is -3.94. The van der Waals surface area contributed by atoms with E-state index < -0.39 is 17.8 Å². The molecule has 2 saturated heterocycles. The molecule has 2 amide bonds. The third-order valence-corrected chi connectivity index (χ3v) is 5.77. The molecule has 6 nitrogen and oxygen atoms in total. The number of amides is 2. The highest BCUT2D eigenvalue weighted by atomic mass is 35.5. The van der Waals surface area contributed by atoms with Crippen molar-refractivity contribution in [2.45, 2.75) is 37.3 Å². The van der Waals surface area contributed by atoms with Crippen LogP contribution in [-0.4, -0.2) is 48.2 Å². The molecule has 1 saturated carbocycles. The molecular formula is C18H18ClF3N2O4. The highest BCUT2D eigenvalue weighted by molar-refractivity contribution is 6.31. The van der Waals surface area contributed by atoms with E-state index in [4.69, 9.17) is 21.1 Å². The van der Waals surface area contributed by atoms with E-state index in [2.05, 4.69) is 5.32 Å². The summed E-state index contributed by atoms with van der Waals surface area (Å²) in [5.41, 5.74) is -0.721. The molecule has 1 N–H and O–H groups in total. The molecule has 28 heavy (non-hydrogen) atoms. The zero-order valence-electron chi connectivity index (χ0n) is 14.7. The van der Waals surface area contributed by atoms with Gasteiger partial charge in [-0.25, -0.2) is 4.79 Å². The van der Waals surface area contributed by atoms with Crippen LogP contribution in [0.2, 0.25) is 5.02 Å². The summed E-state index contributed by atoms with van der Waals surface area (Å²) < 4.78 is 48.7. The minimum atomic E-state index is -4.49. The van der Waals surface area contributed by atoms with E-state index >= 15 is 0 Å². The van der Waals surface area contributed by atoms with Crippen LogP contribution in [-0.2, 0) is 27.1 Å². The van der Waals surface area contributed by atoms with Crippen molar-refractivity contribution >= 4 is 23.6 Å². The smallest absolute Gasteiger partial charge is 0.417 e. The third kappa shape index (κ3) is 3.65. The van der Waals surface area contributed by atoms with Crippen LogP contribution in [0.25, 0.3) is 0 Å². The van der Waals surface area contributed by atoms with E-state index in [0.29, 0.717) is 38.1 Å². The van der Waals surface area contributed by atoms with E-state index in [1.807, 2.05) is 0 Å². The monoisotopic (exact) mass is 418 g/mol. The Hall–Kier alpha value is -2.00. The second-order valence-electron chi connectivity index (χ2n) is 7.57. The van der Waals surface area contributed by atoms with Crippen LogP contribution in [0.3, 0.4) is 0 Å². The molecule has 1 aliphatic carbocycles. The van der Waals surface area contributed by atoms with Gasteiger partial charge in [-0.2, -0.15) is 13.2 Å². The molecule has 1 spiro atoms. The topological polar surface area (TPSA) is 67.9 Å². The first-order valence-electron chi connectivity index (χ1n) is 8.86. The third-order valence-electron chi connectivity index (χ3n) is 5.45. The Morgan fingerprint density at radius 1 is 1.36 bits per heavy atom. The fraction of sp³-hybridized carbons (Fsp3) is 0.556. The summed E-state index contributed by atoms with van der Waals surface area (Å²) >= 11 is 5.70. The van der Waals surface area contributed by atoms with Crippen molar-refractivity contribution < 1.29 is 32.2 Å². The van der Waals surface area contributed by atoms with Gasteiger partial charge in [0.2, 0.25) is 5.91 Å². The Labute approximate surface area is 163 Å². The normalized spacial score (nSPS) is 27.2. The van der Waals surface area contributed by atoms with Crippen LogP contribution in [0.1, 0.15) is 24.0 Å². The van der Waals surface area contributed by atoms with E-state index in [0.717, 1.165) is 6.07 Å². The Morgan fingerprint density at radius 3 is 2.64 bits per heavy atom. The highest BCUT2D eigenvalue weighted by Crippen LogP contribution is 2.42. The van der Waals surface area contributed by atoms with Crippen molar-refractivity contribution in [1.82, 2.24) is 10.2 Å². The maximum Gasteiger partial charge on any atom is 0.417 e. The Bertz CT molecular complexity index is 805. The molecule has 0 aromatic heterocycles. The Morgan fingerprint density at radius 2 is 2.07 bits per heavy atom. The maximum atomic E-state index is 12.7. The van der Waals surface area contributed by atoms with Crippen molar-refractivity contribution in [3.63, 3.8) is 0 Å². The first-order valence-corrected chi connectivity index (χ1v) is 9.24. The lowest BCUT2D eigenvalue weighted by molar-refractivity contribution is -0.155. The lowest BCUT2D eigenvalue weighted by atomic mass is 9.68. The molecule has 0 atom stereocenters. The van der Waals surface area contributed by atoms with Crippen LogP contribution >= 0.6 is 11.6 Å². The number of halogens is 4. The standard InChI is InChI=1S/C18H18ClF3N2O4/c19-14-3-10(1-2-13(14)18(20,21)22)8-27-12-6-24(7-12)15(25)11-4-17(5-11)9-28-16(26)23-17/h1-3,11-12H,4-9H2,(H,23,26). The first kappa shape index (κ1) is 19.3. The van der Waals surface area contributed by atoms with Gasteiger partial charge in [0.05, 0.1) is 28.8 Å². The van der Waals surface area contributed by atoms with Gasteiger partial charge in [-0.05, 0) is 30.5 Å². The number of carbonyl (C=O) groups is 2. The van der Waals surface area contributed by atoms with E-state index in [1.54, 1.807) is 4.90 Å². The van der Waals surface area contributed by atoms with Crippen LogP contribution in [0.4, 0.5) is 18.0 Å². The number of alkyl carbamates (subject to hydrolysis) is 1. The summed E-state index contributed by atoms with van der Waals surface area (Å²) in [4.78, 5) is 25.3.